The lowest BCUT2D eigenvalue weighted by molar-refractivity contribution is 0.383. The molecule has 0 saturated heterocycles. The van der Waals surface area contributed by atoms with Gasteiger partial charge in [-0.3, -0.25) is 0 Å². The molecule has 264 valence electrons. The van der Waals surface area contributed by atoms with Crippen LogP contribution in [0.3, 0.4) is 0 Å². The normalized spacial score (nSPS) is 14.5. The van der Waals surface area contributed by atoms with E-state index in [2.05, 4.69) is 188 Å². The highest BCUT2D eigenvalue weighted by Crippen LogP contribution is 2.41. The Hall–Kier alpha value is -7.30. The standard InChI is InChI=1S/C52H35N3O/c1-55-51(34-16-6-3-7-17-34)53-50(37-19-12-18-35(30-37)33-14-4-2-5-15-33)54-52(55)38-27-29-45-46-25-13-24-39(49(46)56-48(45)32-38)36-26-28-44-42-22-9-8-20-40(42)41-21-10-11-23-43(41)47(44)31-36/h2-32,51H,1H3. The van der Waals surface area contributed by atoms with E-state index in [9.17, 15) is 0 Å². The molecule has 0 aliphatic carbocycles. The third-order valence-electron chi connectivity index (χ3n) is 11.3. The van der Waals surface area contributed by atoms with Gasteiger partial charge in [0.2, 0.25) is 0 Å². The summed E-state index contributed by atoms with van der Waals surface area (Å²) in [5, 5.41) is 9.73. The van der Waals surface area contributed by atoms with Crippen molar-refractivity contribution in [3.05, 3.63) is 205 Å². The third-order valence-corrected chi connectivity index (χ3v) is 11.3. The molecular formula is C52H35N3O. The molecule has 0 amide bonds. The van der Waals surface area contributed by atoms with Crippen LogP contribution in [0, 0.1) is 0 Å². The van der Waals surface area contributed by atoms with E-state index in [1.807, 2.05) is 12.1 Å². The number of hydrogen-bond acceptors (Lipinski definition) is 4. The van der Waals surface area contributed by atoms with Gasteiger partial charge in [0.05, 0.1) is 0 Å². The van der Waals surface area contributed by atoms with E-state index in [1.165, 1.54) is 32.3 Å². The first-order valence-corrected chi connectivity index (χ1v) is 19.1. The van der Waals surface area contributed by atoms with Gasteiger partial charge in [0.1, 0.15) is 23.2 Å². The third kappa shape index (κ3) is 5.22. The number of benzene rings is 9. The summed E-state index contributed by atoms with van der Waals surface area (Å²) >= 11 is 0. The molecule has 1 unspecified atom stereocenters. The Labute approximate surface area is 324 Å². The molecule has 0 bridgehead atoms. The highest BCUT2D eigenvalue weighted by molar-refractivity contribution is 6.26. The first-order chi connectivity index (χ1) is 27.7. The van der Waals surface area contributed by atoms with Crippen LogP contribution in [0.4, 0.5) is 0 Å². The number of amidine groups is 2. The smallest absolute Gasteiger partial charge is 0.159 e. The van der Waals surface area contributed by atoms with E-state index in [0.29, 0.717) is 5.84 Å². The lowest BCUT2D eigenvalue weighted by atomic mass is 9.92. The zero-order valence-corrected chi connectivity index (χ0v) is 30.7. The summed E-state index contributed by atoms with van der Waals surface area (Å²) < 4.78 is 6.86. The van der Waals surface area contributed by atoms with Gasteiger partial charge < -0.3 is 9.32 Å². The molecule has 9 aromatic carbocycles. The molecule has 0 radical (unpaired) electrons. The van der Waals surface area contributed by atoms with Gasteiger partial charge in [0, 0.05) is 34.5 Å². The lowest BCUT2D eigenvalue weighted by Crippen LogP contribution is -2.35. The van der Waals surface area contributed by atoms with Gasteiger partial charge in [0.15, 0.2) is 5.84 Å². The summed E-state index contributed by atoms with van der Waals surface area (Å²) in [7, 11) is 2.07. The zero-order chi connectivity index (χ0) is 37.2. The van der Waals surface area contributed by atoms with E-state index in [4.69, 9.17) is 14.4 Å². The van der Waals surface area contributed by atoms with Crippen LogP contribution < -0.4 is 0 Å². The number of furan rings is 1. The van der Waals surface area contributed by atoms with E-state index >= 15 is 0 Å². The van der Waals surface area contributed by atoms with Gasteiger partial charge in [-0.25, -0.2) is 9.98 Å². The highest BCUT2D eigenvalue weighted by Gasteiger charge is 2.27. The Morgan fingerprint density at radius 1 is 0.429 bits per heavy atom. The van der Waals surface area contributed by atoms with Gasteiger partial charge in [0.25, 0.3) is 0 Å². The minimum atomic E-state index is -0.252. The molecule has 0 N–H and O–H groups in total. The second-order valence-corrected chi connectivity index (χ2v) is 14.6. The van der Waals surface area contributed by atoms with E-state index in [-0.39, 0.29) is 6.17 Å². The van der Waals surface area contributed by atoms with Crippen LogP contribution in [-0.4, -0.2) is 23.6 Å². The molecule has 56 heavy (non-hydrogen) atoms. The minimum absolute atomic E-state index is 0.252. The fourth-order valence-corrected chi connectivity index (χ4v) is 8.57. The van der Waals surface area contributed by atoms with E-state index in [1.54, 1.807) is 0 Å². The first kappa shape index (κ1) is 32.2. The molecule has 10 aromatic rings. The van der Waals surface area contributed by atoms with Crippen molar-refractivity contribution in [1.29, 1.82) is 0 Å². The van der Waals surface area contributed by atoms with Crippen LogP contribution >= 0.6 is 0 Å². The molecule has 0 saturated carbocycles. The Morgan fingerprint density at radius 3 is 1.75 bits per heavy atom. The molecule has 0 fully saturated rings. The Morgan fingerprint density at radius 2 is 1.00 bits per heavy atom. The molecule has 1 atom stereocenters. The second-order valence-electron chi connectivity index (χ2n) is 14.6. The van der Waals surface area contributed by atoms with Crippen molar-refractivity contribution in [2.24, 2.45) is 9.98 Å². The predicted octanol–water partition coefficient (Wildman–Crippen LogP) is 13.2. The van der Waals surface area contributed by atoms with Crippen LogP contribution in [0.5, 0.6) is 0 Å². The summed E-state index contributed by atoms with van der Waals surface area (Å²) in [6.45, 7) is 0. The molecule has 11 rings (SSSR count). The van der Waals surface area contributed by atoms with Crippen LogP contribution in [-0.2, 0) is 0 Å². The average molecular weight is 718 g/mol. The predicted molar refractivity (Wildman–Crippen MR) is 234 cm³/mol. The van der Waals surface area contributed by atoms with Crippen molar-refractivity contribution in [2.45, 2.75) is 6.17 Å². The molecule has 2 heterocycles. The Kier molecular flexibility index (Phi) is 7.42. The fraction of sp³-hybridized carbons (Fsp3) is 0.0385. The van der Waals surface area contributed by atoms with Crippen LogP contribution in [0.25, 0.3) is 76.5 Å². The fourth-order valence-electron chi connectivity index (χ4n) is 8.57. The number of para-hydroxylation sites is 1. The number of rotatable bonds is 5. The van der Waals surface area contributed by atoms with Crippen molar-refractivity contribution in [3.63, 3.8) is 0 Å². The number of hydrogen-bond donors (Lipinski definition) is 0. The topological polar surface area (TPSA) is 41.1 Å². The van der Waals surface area contributed by atoms with Crippen LogP contribution in [0.15, 0.2) is 202 Å². The van der Waals surface area contributed by atoms with E-state index in [0.717, 1.165) is 66.7 Å². The number of fused-ring (bicyclic) bond motifs is 9. The summed E-state index contributed by atoms with van der Waals surface area (Å²) in [6, 6.07) is 66.6. The quantitative estimate of drug-likeness (QED) is 0.166. The summed E-state index contributed by atoms with van der Waals surface area (Å²) in [4.78, 5) is 12.7. The first-order valence-electron chi connectivity index (χ1n) is 19.1. The molecule has 1 aromatic heterocycles. The lowest BCUT2D eigenvalue weighted by Gasteiger charge is -2.32. The highest BCUT2D eigenvalue weighted by atomic mass is 16.3. The molecule has 1 aliphatic heterocycles. The summed E-state index contributed by atoms with van der Waals surface area (Å²) in [6.07, 6.45) is -0.252. The maximum absolute atomic E-state index is 6.86. The van der Waals surface area contributed by atoms with Crippen molar-refractivity contribution < 1.29 is 4.42 Å². The van der Waals surface area contributed by atoms with Crippen molar-refractivity contribution >= 4 is 65.9 Å². The molecule has 0 spiro atoms. The van der Waals surface area contributed by atoms with Crippen LogP contribution in [0.1, 0.15) is 22.9 Å². The Balaban J connectivity index is 1.04. The average Bonchev–Trinajstić information content (AvgIpc) is 3.65. The van der Waals surface area contributed by atoms with Crippen LogP contribution in [0.2, 0.25) is 0 Å². The molecule has 4 heteroatoms. The minimum Gasteiger partial charge on any atom is -0.455 e. The number of aliphatic imine (C=N–C) groups is 2. The second kappa shape index (κ2) is 12.9. The molecule has 1 aliphatic rings. The maximum Gasteiger partial charge on any atom is 0.159 e. The van der Waals surface area contributed by atoms with E-state index < -0.39 is 0 Å². The monoisotopic (exact) mass is 717 g/mol. The van der Waals surface area contributed by atoms with Crippen molar-refractivity contribution in [2.75, 3.05) is 7.05 Å². The molecule has 4 nitrogen and oxygen atoms in total. The zero-order valence-electron chi connectivity index (χ0n) is 30.7. The Bertz CT molecular complexity index is 3180. The number of nitrogens with zero attached hydrogens (tertiary/aromatic N) is 3. The SMILES string of the molecule is CN1C(c2ccc3c(c2)oc2c(-c4ccc5c6ccccc6c6ccccc6c5c4)cccc23)=NC(c2cccc(-c3ccccc3)c2)=NC1c1ccccc1. The largest absolute Gasteiger partial charge is 0.455 e. The van der Waals surface area contributed by atoms with Gasteiger partial charge in [-0.05, 0) is 78.8 Å². The van der Waals surface area contributed by atoms with Crippen molar-refractivity contribution in [3.8, 4) is 22.3 Å². The maximum atomic E-state index is 6.86. The van der Waals surface area contributed by atoms with Crippen molar-refractivity contribution in [1.82, 2.24) is 4.90 Å². The van der Waals surface area contributed by atoms with Gasteiger partial charge in [-0.1, -0.05) is 164 Å². The summed E-state index contributed by atoms with van der Waals surface area (Å²) in [5.41, 5.74) is 9.24. The summed E-state index contributed by atoms with van der Waals surface area (Å²) in [5.74, 6) is 1.54. The van der Waals surface area contributed by atoms with Gasteiger partial charge >= 0.3 is 0 Å². The van der Waals surface area contributed by atoms with Gasteiger partial charge in [-0.15, -0.1) is 0 Å². The van der Waals surface area contributed by atoms with Gasteiger partial charge in [-0.2, -0.15) is 0 Å². The molecular weight excluding hydrogens is 683 g/mol.